The number of nitrogens with one attached hydrogen (secondary N) is 1. The minimum atomic E-state index is -0.595. The number of carbonyl (C=O) groups is 2. The highest BCUT2D eigenvalue weighted by Gasteiger charge is 2.12. The van der Waals surface area contributed by atoms with Gasteiger partial charge in [-0.1, -0.05) is 18.6 Å². The Morgan fingerprint density at radius 1 is 1.30 bits per heavy atom. The third-order valence-electron chi connectivity index (χ3n) is 2.64. The summed E-state index contributed by atoms with van der Waals surface area (Å²) in [6, 6.07) is 4.79. The summed E-state index contributed by atoms with van der Waals surface area (Å²) < 4.78 is 9.76. The zero-order valence-electron chi connectivity index (χ0n) is 11.1. The summed E-state index contributed by atoms with van der Waals surface area (Å²) in [5, 5.41) is 10.1. The smallest absolute Gasteiger partial charge is 0.344 e. The lowest BCUT2D eigenvalue weighted by Crippen LogP contribution is -2.17. The minimum absolute atomic E-state index is 0.313. The second-order valence-corrected chi connectivity index (χ2v) is 4.19. The third-order valence-corrected chi connectivity index (χ3v) is 2.64. The predicted molar refractivity (Wildman–Crippen MR) is 70.0 cm³/mol. The molecule has 0 radical (unpaired) electrons. The number of unbranched alkanes of at least 4 members (excludes halogenated alkanes) is 1. The maximum absolute atomic E-state index is 11.8. The van der Waals surface area contributed by atoms with Gasteiger partial charge in [0.05, 0.1) is 17.7 Å². The number of hydrogen-bond donors (Lipinski definition) is 1. The fourth-order valence-corrected chi connectivity index (χ4v) is 1.55. The van der Waals surface area contributed by atoms with Crippen LogP contribution in [-0.4, -0.2) is 40.6 Å². The van der Waals surface area contributed by atoms with Crippen LogP contribution in [-0.2, 0) is 14.3 Å². The highest BCUT2D eigenvalue weighted by Crippen LogP contribution is 2.11. The molecule has 0 saturated carbocycles. The van der Waals surface area contributed by atoms with E-state index in [9.17, 15) is 9.59 Å². The lowest BCUT2D eigenvalue weighted by Gasteiger charge is -2.05. The van der Waals surface area contributed by atoms with E-state index >= 15 is 0 Å². The molecule has 1 N–H and O–H groups in total. The molecule has 0 unspecified atom stereocenters. The zero-order valence-corrected chi connectivity index (χ0v) is 11.1. The summed E-state index contributed by atoms with van der Waals surface area (Å²) in [7, 11) is 0. The number of esters is 2. The van der Waals surface area contributed by atoms with Crippen LogP contribution in [0, 0.1) is 0 Å². The van der Waals surface area contributed by atoms with Crippen molar-refractivity contribution in [2.75, 3.05) is 13.2 Å². The molecule has 106 valence electrons. The van der Waals surface area contributed by atoms with Gasteiger partial charge in [-0.15, -0.1) is 5.10 Å². The van der Waals surface area contributed by atoms with Gasteiger partial charge in [0.1, 0.15) is 5.52 Å². The third kappa shape index (κ3) is 3.53. The monoisotopic (exact) mass is 277 g/mol. The zero-order chi connectivity index (χ0) is 14.4. The molecule has 7 nitrogen and oxygen atoms in total. The molecule has 0 spiro atoms. The number of fused-ring (bicyclic) bond motifs is 1. The predicted octanol–water partition coefficient (Wildman–Crippen LogP) is 1.46. The van der Waals surface area contributed by atoms with Gasteiger partial charge in [0.25, 0.3) is 0 Å². The van der Waals surface area contributed by atoms with E-state index < -0.39 is 11.9 Å². The second-order valence-electron chi connectivity index (χ2n) is 4.19. The number of aromatic amines is 1. The molecule has 7 heteroatoms. The van der Waals surface area contributed by atoms with Crippen LogP contribution in [0.25, 0.3) is 11.0 Å². The van der Waals surface area contributed by atoms with Gasteiger partial charge >= 0.3 is 11.9 Å². The Morgan fingerprint density at radius 2 is 2.15 bits per heavy atom. The van der Waals surface area contributed by atoms with Gasteiger partial charge in [0.2, 0.25) is 0 Å². The molecule has 1 heterocycles. The Morgan fingerprint density at radius 3 is 2.95 bits per heavy atom. The summed E-state index contributed by atoms with van der Waals surface area (Å²) in [5.74, 6) is -1.14. The van der Waals surface area contributed by atoms with Crippen LogP contribution in [0.2, 0.25) is 0 Å². The van der Waals surface area contributed by atoms with Gasteiger partial charge in [-0.3, -0.25) is 5.10 Å². The van der Waals surface area contributed by atoms with E-state index in [1.165, 1.54) is 0 Å². The van der Waals surface area contributed by atoms with Gasteiger partial charge in [-0.2, -0.15) is 0 Å². The van der Waals surface area contributed by atoms with Gasteiger partial charge in [-0.25, -0.2) is 9.59 Å². The molecule has 0 aliphatic heterocycles. The molecule has 20 heavy (non-hydrogen) atoms. The standard InChI is InChI=1S/C13H15N3O4/c1-2-3-6-19-12(17)8-20-13(18)9-4-5-10-11(7-9)15-16-14-10/h4-5,7H,2-3,6,8H2,1H3,(H,14,15,16). The van der Waals surface area contributed by atoms with Crippen LogP contribution in [0.15, 0.2) is 18.2 Å². The molecule has 0 bridgehead atoms. The number of ether oxygens (including phenoxy) is 2. The Bertz CT molecular complexity index is 608. The van der Waals surface area contributed by atoms with Gasteiger partial charge < -0.3 is 9.47 Å². The number of rotatable bonds is 6. The molecule has 1 aromatic heterocycles. The Labute approximate surface area is 115 Å². The van der Waals surface area contributed by atoms with Crippen molar-refractivity contribution < 1.29 is 19.1 Å². The van der Waals surface area contributed by atoms with Crippen molar-refractivity contribution in [1.82, 2.24) is 15.4 Å². The number of aromatic nitrogens is 3. The lowest BCUT2D eigenvalue weighted by atomic mass is 10.2. The quantitative estimate of drug-likeness (QED) is 0.634. The van der Waals surface area contributed by atoms with E-state index in [2.05, 4.69) is 15.4 Å². The van der Waals surface area contributed by atoms with Gasteiger partial charge in [0, 0.05) is 0 Å². The summed E-state index contributed by atoms with van der Waals surface area (Å²) >= 11 is 0. The van der Waals surface area contributed by atoms with E-state index in [1.54, 1.807) is 18.2 Å². The molecular weight excluding hydrogens is 262 g/mol. The molecule has 0 fully saturated rings. The van der Waals surface area contributed by atoms with Crippen molar-refractivity contribution in [1.29, 1.82) is 0 Å². The van der Waals surface area contributed by atoms with E-state index in [0.29, 0.717) is 17.7 Å². The van der Waals surface area contributed by atoms with Crippen molar-refractivity contribution in [3.63, 3.8) is 0 Å². The molecule has 0 saturated heterocycles. The molecule has 0 amide bonds. The van der Waals surface area contributed by atoms with E-state index in [-0.39, 0.29) is 6.61 Å². The van der Waals surface area contributed by atoms with Crippen LogP contribution in [0.3, 0.4) is 0 Å². The number of carbonyl (C=O) groups excluding carboxylic acids is 2. The Balaban J connectivity index is 1.86. The van der Waals surface area contributed by atoms with Crippen molar-refractivity contribution in [3.8, 4) is 0 Å². The topological polar surface area (TPSA) is 94.2 Å². The Kier molecular flexibility index (Phi) is 4.65. The number of benzene rings is 1. The largest absolute Gasteiger partial charge is 0.463 e. The van der Waals surface area contributed by atoms with E-state index in [4.69, 9.17) is 9.47 Å². The summed E-state index contributed by atoms with van der Waals surface area (Å²) in [5.41, 5.74) is 1.60. The average Bonchev–Trinajstić information content (AvgIpc) is 2.92. The lowest BCUT2D eigenvalue weighted by molar-refractivity contribution is -0.147. The van der Waals surface area contributed by atoms with Crippen LogP contribution in [0.4, 0.5) is 0 Å². The summed E-state index contributed by atoms with van der Waals surface area (Å²) in [6.45, 7) is 1.95. The fourth-order valence-electron chi connectivity index (χ4n) is 1.55. The first kappa shape index (κ1) is 14.0. The first-order chi connectivity index (χ1) is 9.70. The maximum Gasteiger partial charge on any atom is 0.344 e. The van der Waals surface area contributed by atoms with E-state index in [1.807, 2.05) is 6.92 Å². The maximum atomic E-state index is 11.8. The second kappa shape index (κ2) is 6.65. The molecule has 2 rings (SSSR count). The van der Waals surface area contributed by atoms with E-state index in [0.717, 1.165) is 18.4 Å². The van der Waals surface area contributed by atoms with Gasteiger partial charge in [0.15, 0.2) is 6.61 Å². The highest BCUT2D eigenvalue weighted by atomic mass is 16.6. The molecule has 0 atom stereocenters. The van der Waals surface area contributed by atoms with Crippen molar-refractivity contribution in [2.24, 2.45) is 0 Å². The number of nitrogens with zero attached hydrogens (tertiary/aromatic N) is 2. The van der Waals surface area contributed by atoms with Crippen LogP contribution >= 0.6 is 0 Å². The van der Waals surface area contributed by atoms with Crippen LogP contribution < -0.4 is 0 Å². The SMILES string of the molecule is CCCCOC(=O)COC(=O)c1ccc2[nH]nnc2c1. The van der Waals surface area contributed by atoms with Gasteiger partial charge in [-0.05, 0) is 24.6 Å². The Hall–Kier alpha value is -2.44. The molecule has 1 aromatic carbocycles. The molecule has 0 aliphatic carbocycles. The molecule has 2 aromatic rings. The fraction of sp³-hybridized carbons (Fsp3) is 0.385. The number of H-pyrrole nitrogens is 1. The summed E-state index contributed by atoms with van der Waals surface area (Å²) in [4.78, 5) is 23.1. The first-order valence-electron chi connectivity index (χ1n) is 6.34. The van der Waals surface area contributed by atoms with Crippen molar-refractivity contribution in [3.05, 3.63) is 23.8 Å². The molecular formula is C13H15N3O4. The van der Waals surface area contributed by atoms with Crippen LogP contribution in [0.5, 0.6) is 0 Å². The normalized spacial score (nSPS) is 10.4. The highest BCUT2D eigenvalue weighted by molar-refractivity contribution is 5.94. The van der Waals surface area contributed by atoms with Crippen molar-refractivity contribution >= 4 is 23.0 Å². The van der Waals surface area contributed by atoms with Crippen molar-refractivity contribution in [2.45, 2.75) is 19.8 Å². The summed E-state index contributed by atoms with van der Waals surface area (Å²) in [6.07, 6.45) is 1.73. The molecule has 0 aliphatic rings. The van der Waals surface area contributed by atoms with Crippen LogP contribution in [0.1, 0.15) is 30.1 Å². The minimum Gasteiger partial charge on any atom is -0.463 e. The average molecular weight is 277 g/mol. The first-order valence-corrected chi connectivity index (χ1v) is 6.34. The number of hydrogen-bond acceptors (Lipinski definition) is 6.